The lowest BCUT2D eigenvalue weighted by atomic mass is 10.2. The number of aryl methyl sites for hydroxylation is 1. The second kappa shape index (κ2) is 8.93. The topological polar surface area (TPSA) is 84.5 Å². The van der Waals surface area contributed by atoms with E-state index < -0.39 is 22.0 Å². The highest BCUT2D eigenvalue weighted by Crippen LogP contribution is 2.27. The molecule has 0 unspecified atom stereocenters. The average molecular weight is 431 g/mol. The summed E-state index contributed by atoms with van der Waals surface area (Å²) in [6, 6.07) is 8.16. The van der Waals surface area contributed by atoms with Gasteiger partial charge in [-0.1, -0.05) is 29.3 Å². The van der Waals surface area contributed by atoms with Crippen LogP contribution in [0.4, 0.5) is 5.69 Å². The summed E-state index contributed by atoms with van der Waals surface area (Å²) in [5.74, 6) is -0.124. The number of nitrogens with one attached hydrogen (secondary N) is 2. The van der Waals surface area contributed by atoms with E-state index in [1.54, 1.807) is 25.1 Å². The van der Waals surface area contributed by atoms with Gasteiger partial charge in [-0.3, -0.25) is 4.79 Å². The van der Waals surface area contributed by atoms with Crippen LogP contribution in [0.5, 0.6) is 5.75 Å². The Morgan fingerprint density at radius 2 is 1.89 bits per heavy atom. The third kappa shape index (κ3) is 5.59. The summed E-state index contributed by atoms with van der Waals surface area (Å²) in [6.07, 6.45) is 0. The fraction of sp³-hybridized carbons (Fsp3) is 0.278. The molecule has 2 aromatic carbocycles. The minimum atomic E-state index is -3.95. The average Bonchev–Trinajstić information content (AvgIpc) is 2.59. The molecule has 2 aromatic rings. The number of hydrogen-bond acceptors (Lipinski definition) is 4. The highest BCUT2D eigenvalue weighted by molar-refractivity contribution is 7.89. The number of carbonyl (C=O) groups excluding carboxylic acids is 1. The summed E-state index contributed by atoms with van der Waals surface area (Å²) in [5, 5.41) is 3.30. The summed E-state index contributed by atoms with van der Waals surface area (Å²) < 4.78 is 32.7. The van der Waals surface area contributed by atoms with Crippen LogP contribution in [-0.2, 0) is 14.8 Å². The maximum Gasteiger partial charge on any atom is 0.242 e. The van der Waals surface area contributed by atoms with E-state index in [1.165, 1.54) is 25.1 Å². The Morgan fingerprint density at radius 3 is 2.52 bits per heavy atom. The first-order valence-corrected chi connectivity index (χ1v) is 10.4. The molecule has 0 bridgehead atoms. The molecule has 1 atom stereocenters. The van der Waals surface area contributed by atoms with Gasteiger partial charge in [0.25, 0.3) is 0 Å². The monoisotopic (exact) mass is 430 g/mol. The minimum Gasteiger partial charge on any atom is -0.492 e. The van der Waals surface area contributed by atoms with Crippen molar-refractivity contribution >= 4 is 44.8 Å². The molecule has 0 aliphatic heterocycles. The van der Waals surface area contributed by atoms with Gasteiger partial charge in [0, 0.05) is 10.7 Å². The van der Waals surface area contributed by atoms with Crippen LogP contribution in [0.2, 0.25) is 10.0 Å². The Balaban J connectivity index is 2.13. The van der Waals surface area contributed by atoms with Crippen LogP contribution in [-0.4, -0.2) is 27.0 Å². The van der Waals surface area contributed by atoms with Crippen LogP contribution in [0.15, 0.2) is 41.3 Å². The number of amides is 1. The second-order valence-electron chi connectivity index (χ2n) is 5.82. The number of benzene rings is 2. The number of halogens is 2. The van der Waals surface area contributed by atoms with Crippen molar-refractivity contribution in [3.8, 4) is 5.75 Å². The van der Waals surface area contributed by atoms with Crippen molar-refractivity contribution in [2.45, 2.75) is 31.7 Å². The number of rotatable bonds is 7. The maximum absolute atomic E-state index is 12.5. The lowest BCUT2D eigenvalue weighted by Crippen LogP contribution is -2.41. The van der Waals surface area contributed by atoms with Crippen LogP contribution in [0.25, 0.3) is 0 Å². The van der Waals surface area contributed by atoms with Gasteiger partial charge in [-0.25, -0.2) is 8.42 Å². The zero-order valence-electron chi connectivity index (χ0n) is 15.0. The summed E-state index contributed by atoms with van der Waals surface area (Å²) in [6.45, 7) is 5.46. The zero-order valence-corrected chi connectivity index (χ0v) is 17.4. The molecule has 0 heterocycles. The first-order chi connectivity index (χ1) is 12.6. The molecule has 0 fully saturated rings. The van der Waals surface area contributed by atoms with Crippen molar-refractivity contribution in [1.29, 1.82) is 0 Å². The van der Waals surface area contributed by atoms with Crippen molar-refractivity contribution in [2.24, 2.45) is 0 Å². The van der Waals surface area contributed by atoms with E-state index in [4.69, 9.17) is 27.9 Å². The molecular weight excluding hydrogens is 411 g/mol. The minimum absolute atomic E-state index is 0.0606. The van der Waals surface area contributed by atoms with Crippen molar-refractivity contribution in [3.05, 3.63) is 52.0 Å². The lowest BCUT2D eigenvalue weighted by molar-refractivity contribution is -0.117. The molecule has 0 saturated heterocycles. The lowest BCUT2D eigenvalue weighted by Gasteiger charge is -2.16. The number of ether oxygens (including phenoxy) is 1. The first kappa shape index (κ1) is 21.5. The molecule has 0 spiro atoms. The molecule has 0 radical (unpaired) electrons. The smallest absolute Gasteiger partial charge is 0.242 e. The van der Waals surface area contributed by atoms with Crippen molar-refractivity contribution in [3.63, 3.8) is 0 Å². The van der Waals surface area contributed by atoms with Gasteiger partial charge in [-0.15, -0.1) is 0 Å². The van der Waals surface area contributed by atoms with E-state index >= 15 is 0 Å². The van der Waals surface area contributed by atoms with Gasteiger partial charge in [-0.2, -0.15) is 4.72 Å². The van der Waals surface area contributed by atoms with Crippen molar-refractivity contribution < 1.29 is 17.9 Å². The molecule has 2 N–H and O–H groups in total. The van der Waals surface area contributed by atoms with E-state index in [1.807, 2.05) is 6.92 Å². The van der Waals surface area contributed by atoms with Crippen LogP contribution >= 0.6 is 23.2 Å². The van der Waals surface area contributed by atoms with Crippen molar-refractivity contribution in [1.82, 2.24) is 4.72 Å². The molecule has 0 aliphatic rings. The molecule has 2 rings (SSSR count). The SMILES string of the molecule is CCOc1ccc(S(=O)(=O)N[C@H](C)C(=O)Nc2cc(Cl)ccc2C)cc1Cl. The van der Waals surface area contributed by atoms with E-state index in [0.717, 1.165) is 5.56 Å². The fourth-order valence-corrected chi connectivity index (χ4v) is 3.95. The second-order valence-corrected chi connectivity index (χ2v) is 8.37. The summed E-state index contributed by atoms with van der Waals surface area (Å²) in [7, 11) is -3.95. The molecule has 6 nitrogen and oxygen atoms in total. The van der Waals surface area contributed by atoms with E-state index in [9.17, 15) is 13.2 Å². The molecular formula is C18H20Cl2N2O4S. The normalized spacial score (nSPS) is 12.5. The third-order valence-corrected chi connectivity index (χ3v) is 5.77. The third-order valence-electron chi connectivity index (χ3n) is 3.70. The number of hydrogen-bond donors (Lipinski definition) is 2. The van der Waals surface area contributed by atoms with Gasteiger partial charge < -0.3 is 10.1 Å². The Labute approximate surface area is 168 Å². The van der Waals surface area contributed by atoms with Gasteiger partial charge in [0.2, 0.25) is 15.9 Å². The van der Waals surface area contributed by atoms with Gasteiger partial charge in [0.1, 0.15) is 5.75 Å². The Bertz CT molecular complexity index is 948. The quantitative estimate of drug-likeness (QED) is 0.694. The van der Waals surface area contributed by atoms with E-state index in [2.05, 4.69) is 10.0 Å². The molecule has 146 valence electrons. The molecule has 1 amide bonds. The number of anilines is 1. The molecule has 9 heteroatoms. The largest absolute Gasteiger partial charge is 0.492 e. The zero-order chi connectivity index (χ0) is 20.2. The number of sulfonamides is 1. The standard InChI is InChI=1S/C18H20Cl2N2O4S/c1-4-26-17-8-7-14(10-15(17)20)27(24,25)22-12(3)18(23)21-16-9-13(19)6-5-11(16)2/h5-10,12,22H,4H2,1-3H3,(H,21,23)/t12-/m1/s1. The maximum atomic E-state index is 12.5. The molecule has 0 aliphatic carbocycles. The van der Waals surface area contributed by atoms with Gasteiger partial charge in [-0.05, 0) is 56.7 Å². The fourth-order valence-electron chi connectivity index (χ4n) is 2.25. The summed E-state index contributed by atoms with van der Waals surface area (Å²) in [5.41, 5.74) is 1.32. The predicted octanol–water partition coefficient (Wildman–Crippen LogP) is 4.01. The molecule has 0 saturated carbocycles. The van der Waals surface area contributed by atoms with Crippen LogP contribution in [0, 0.1) is 6.92 Å². The highest BCUT2D eigenvalue weighted by atomic mass is 35.5. The Hall–Kier alpha value is -1.80. The Morgan fingerprint density at radius 1 is 1.19 bits per heavy atom. The van der Waals surface area contributed by atoms with E-state index in [-0.39, 0.29) is 9.92 Å². The van der Waals surface area contributed by atoms with Gasteiger partial charge >= 0.3 is 0 Å². The van der Waals surface area contributed by atoms with Gasteiger partial charge in [0.15, 0.2) is 0 Å². The van der Waals surface area contributed by atoms with Crippen LogP contribution in [0.1, 0.15) is 19.4 Å². The Kier molecular flexibility index (Phi) is 7.11. The first-order valence-electron chi connectivity index (χ1n) is 8.15. The van der Waals surface area contributed by atoms with Crippen LogP contribution in [0.3, 0.4) is 0 Å². The van der Waals surface area contributed by atoms with Crippen molar-refractivity contribution in [2.75, 3.05) is 11.9 Å². The number of carbonyl (C=O) groups is 1. The highest BCUT2D eigenvalue weighted by Gasteiger charge is 2.23. The molecule has 27 heavy (non-hydrogen) atoms. The molecule has 0 aromatic heterocycles. The van der Waals surface area contributed by atoms with Crippen LogP contribution < -0.4 is 14.8 Å². The summed E-state index contributed by atoms with van der Waals surface area (Å²) in [4.78, 5) is 12.3. The van der Waals surface area contributed by atoms with Gasteiger partial charge in [0.05, 0.1) is 22.6 Å². The van der Waals surface area contributed by atoms with E-state index in [0.29, 0.717) is 23.1 Å². The predicted molar refractivity (Wildman–Crippen MR) is 107 cm³/mol. The summed E-state index contributed by atoms with van der Waals surface area (Å²) >= 11 is 12.0.